The Balaban J connectivity index is 1.49. The van der Waals surface area contributed by atoms with Crippen molar-refractivity contribution in [3.63, 3.8) is 0 Å². The van der Waals surface area contributed by atoms with E-state index in [1.54, 1.807) is 11.3 Å². The predicted octanol–water partition coefficient (Wildman–Crippen LogP) is 3.12. The zero-order valence-electron chi connectivity index (χ0n) is 15.7. The number of nitrogens with zero attached hydrogens (tertiary/aromatic N) is 1. The Hall–Kier alpha value is -2.05. The second-order valence-corrected chi connectivity index (χ2v) is 8.76. The first-order chi connectivity index (χ1) is 13.0. The summed E-state index contributed by atoms with van der Waals surface area (Å²) in [5.41, 5.74) is 2.33. The first-order valence-electron chi connectivity index (χ1n) is 9.63. The van der Waals surface area contributed by atoms with Crippen molar-refractivity contribution in [2.24, 2.45) is 5.92 Å². The lowest BCUT2D eigenvalue weighted by Crippen LogP contribution is -2.85. The fourth-order valence-corrected chi connectivity index (χ4v) is 5.23. The molecule has 0 saturated carbocycles. The third-order valence-electron chi connectivity index (χ3n) is 5.48. The SMILES string of the molecule is C[C@@H]1CCc2c(sc3nc([C@@H](C)[NH2+]CCc4ccc(F)cc4)[nH]c(=O)c23)C1. The van der Waals surface area contributed by atoms with Gasteiger partial charge in [-0.3, -0.25) is 4.79 Å². The number of thiophene rings is 1. The highest BCUT2D eigenvalue weighted by atomic mass is 32.1. The molecule has 0 amide bonds. The summed E-state index contributed by atoms with van der Waals surface area (Å²) in [5.74, 6) is 1.21. The third-order valence-corrected chi connectivity index (χ3v) is 6.63. The molecule has 2 heterocycles. The lowest BCUT2D eigenvalue weighted by atomic mass is 9.89. The minimum absolute atomic E-state index is 0.000776. The van der Waals surface area contributed by atoms with Crippen molar-refractivity contribution < 1.29 is 9.71 Å². The van der Waals surface area contributed by atoms with E-state index >= 15 is 0 Å². The van der Waals surface area contributed by atoms with Gasteiger partial charge in [-0.2, -0.15) is 0 Å². The number of benzene rings is 1. The molecule has 0 bridgehead atoms. The number of rotatable bonds is 5. The van der Waals surface area contributed by atoms with Gasteiger partial charge in [0.2, 0.25) is 0 Å². The van der Waals surface area contributed by atoms with Crippen molar-refractivity contribution >= 4 is 21.6 Å². The molecular weight excluding hydrogens is 361 g/mol. The van der Waals surface area contributed by atoms with Gasteiger partial charge >= 0.3 is 0 Å². The number of hydrogen-bond donors (Lipinski definition) is 2. The Morgan fingerprint density at radius 3 is 2.93 bits per heavy atom. The highest BCUT2D eigenvalue weighted by Crippen LogP contribution is 2.35. The average Bonchev–Trinajstić information content (AvgIpc) is 3.01. The minimum atomic E-state index is -0.209. The Labute approximate surface area is 161 Å². The number of H-pyrrole nitrogens is 1. The Kier molecular flexibility index (Phi) is 5.10. The van der Waals surface area contributed by atoms with Gasteiger partial charge < -0.3 is 10.3 Å². The van der Waals surface area contributed by atoms with Crippen LogP contribution in [0, 0.1) is 11.7 Å². The van der Waals surface area contributed by atoms with Crippen LogP contribution in [-0.2, 0) is 19.3 Å². The number of hydrogen-bond acceptors (Lipinski definition) is 3. The van der Waals surface area contributed by atoms with Crippen LogP contribution in [0.15, 0.2) is 29.1 Å². The Morgan fingerprint density at radius 2 is 2.15 bits per heavy atom. The highest BCUT2D eigenvalue weighted by molar-refractivity contribution is 7.18. The second-order valence-electron chi connectivity index (χ2n) is 7.67. The fraction of sp³-hybridized carbons (Fsp3) is 0.429. The largest absolute Gasteiger partial charge is 0.337 e. The first kappa shape index (κ1) is 18.3. The van der Waals surface area contributed by atoms with E-state index in [1.165, 1.54) is 22.6 Å². The number of quaternary nitrogens is 1. The molecule has 6 heteroatoms. The molecule has 0 fully saturated rings. The van der Waals surface area contributed by atoms with Crippen LogP contribution in [0.5, 0.6) is 0 Å². The molecule has 0 spiro atoms. The molecule has 3 N–H and O–H groups in total. The summed E-state index contributed by atoms with van der Waals surface area (Å²) in [6.45, 7) is 5.19. The van der Waals surface area contributed by atoms with E-state index in [1.807, 2.05) is 12.1 Å². The maximum absolute atomic E-state index is 13.0. The molecule has 4 rings (SSSR count). The van der Waals surface area contributed by atoms with E-state index in [2.05, 4.69) is 24.1 Å². The lowest BCUT2D eigenvalue weighted by molar-refractivity contribution is -0.693. The first-order valence-corrected chi connectivity index (χ1v) is 10.4. The highest BCUT2D eigenvalue weighted by Gasteiger charge is 2.24. The molecule has 142 valence electrons. The van der Waals surface area contributed by atoms with E-state index in [9.17, 15) is 9.18 Å². The monoisotopic (exact) mass is 386 g/mol. The summed E-state index contributed by atoms with van der Waals surface area (Å²) >= 11 is 1.69. The van der Waals surface area contributed by atoms with Crippen molar-refractivity contribution in [3.8, 4) is 0 Å². The molecule has 4 nitrogen and oxygen atoms in total. The molecule has 0 aliphatic heterocycles. The summed E-state index contributed by atoms with van der Waals surface area (Å²) < 4.78 is 13.0. The number of fused-ring (bicyclic) bond motifs is 3. The van der Waals surface area contributed by atoms with E-state index in [-0.39, 0.29) is 17.4 Å². The van der Waals surface area contributed by atoms with E-state index < -0.39 is 0 Å². The molecule has 27 heavy (non-hydrogen) atoms. The van der Waals surface area contributed by atoms with Crippen molar-refractivity contribution in [1.82, 2.24) is 9.97 Å². The fourth-order valence-electron chi connectivity index (χ4n) is 3.84. The van der Waals surface area contributed by atoms with E-state index in [0.717, 1.165) is 53.8 Å². The molecule has 1 aromatic carbocycles. The molecule has 0 radical (unpaired) electrons. The Morgan fingerprint density at radius 1 is 1.37 bits per heavy atom. The van der Waals surface area contributed by atoms with Crippen LogP contribution >= 0.6 is 11.3 Å². The summed E-state index contributed by atoms with van der Waals surface area (Å²) in [5, 5.41) is 2.98. The second kappa shape index (κ2) is 7.52. The standard InChI is InChI=1S/C21H24FN3OS/c1-12-3-8-16-17(11-12)27-21-18(16)20(26)24-19(25-21)13(2)23-10-9-14-4-6-15(22)7-5-14/h4-7,12-13,23H,3,8-11H2,1-2H3,(H,24,25,26)/p+1/t12-,13-/m1/s1. The van der Waals surface area contributed by atoms with Crippen LogP contribution in [0.2, 0.25) is 0 Å². The number of nitrogens with two attached hydrogens (primary N) is 1. The van der Waals surface area contributed by atoms with Gasteiger partial charge in [0.25, 0.3) is 5.56 Å². The summed E-state index contributed by atoms with van der Waals surface area (Å²) in [4.78, 5) is 22.7. The quantitative estimate of drug-likeness (QED) is 0.708. The van der Waals surface area contributed by atoms with Crippen LogP contribution in [0.4, 0.5) is 4.39 Å². The summed E-state index contributed by atoms with van der Waals surface area (Å²) in [6.07, 6.45) is 4.04. The molecule has 0 unspecified atom stereocenters. The van der Waals surface area contributed by atoms with Gasteiger partial charge in [0.1, 0.15) is 16.7 Å². The van der Waals surface area contributed by atoms with Crippen LogP contribution in [-0.4, -0.2) is 16.5 Å². The van der Waals surface area contributed by atoms with Crippen molar-refractivity contribution in [2.45, 2.75) is 45.6 Å². The van der Waals surface area contributed by atoms with Gasteiger partial charge in [-0.25, -0.2) is 9.37 Å². The Bertz CT molecular complexity index is 1010. The molecule has 0 saturated heterocycles. The maximum Gasteiger partial charge on any atom is 0.260 e. The molecule has 3 aromatic rings. The molecule has 1 aliphatic carbocycles. The number of aromatic amines is 1. The van der Waals surface area contributed by atoms with Gasteiger partial charge in [-0.1, -0.05) is 19.1 Å². The number of nitrogens with one attached hydrogen (secondary N) is 1. The predicted molar refractivity (Wildman–Crippen MR) is 107 cm³/mol. The number of aryl methyl sites for hydroxylation is 1. The van der Waals surface area contributed by atoms with Crippen molar-refractivity contribution in [2.75, 3.05) is 6.54 Å². The maximum atomic E-state index is 13.0. The molecular formula is C21H25FN3OS+. The molecule has 2 atom stereocenters. The van der Waals surface area contributed by atoms with Gasteiger partial charge in [0, 0.05) is 11.3 Å². The number of aromatic nitrogens is 2. The van der Waals surface area contributed by atoms with Gasteiger partial charge in [-0.15, -0.1) is 11.3 Å². The van der Waals surface area contributed by atoms with Crippen LogP contribution in [0.25, 0.3) is 10.2 Å². The summed E-state index contributed by atoms with van der Waals surface area (Å²) in [7, 11) is 0. The van der Waals surface area contributed by atoms with E-state index in [4.69, 9.17) is 4.98 Å². The molecule has 1 aliphatic rings. The van der Waals surface area contributed by atoms with Crippen LogP contribution < -0.4 is 10.9 Å². The average molecular weight is 387 g/mol. The van der Waals surface area contributed by atoms with Crippen LogP contribution in [0.3, 0.4) is 0 Å². The van der Waals surface area contributed by atoms with E-state index in [0.29, 0.717) is 5.92 Å². The third kappa shape index (κ3) is 3.82. The normalized spacial score (nSPS) is 17.8. The van der Waals surface area contributed by atoms with Gasteiger partial charge in [-0.05, 0) is 55.4 Å². The van der Waals surface area contributed by atoms with Gasteiger partial charge in [0.05, 0.1) is 11.9 Å². The van der Waals surface area contributed by atoms with Crippen molar-refractivity contribution in [3.05, 3.63) is 62.3 Å². The van der Waals surface area contributed by atoms with Gasteiger partial charge in [0.15, 0.2) is 5.82 Å². The topological polar surface area (TPSA) is 62.4 Å². The zero-order chi connectivity index (χ0) is 19.0. The smallest absolute Gasteiger partial charge is 0.260 e. The lowest BCUT2D eigenvalue weighted by Gasteiger charge is -2.17. The number of halogens is 1. The minimum Gasteiger partial charge on any atom is -0.337 e. The summed E-state index contributed by atoms with van der Waals surface area (Å²) in [6, 6.07) is 6.69. The van der Waals surface area contributed by atoms with Crippen molar-refractivity contribution in [1.29, 1.82) is 0 Å². The van der Waals surface area contributed by atoms with Crippen LogP contribution in [0.1, 0.15) is 48.1 Å². The molecule has 2 aromatic heterocycles. The zero-order valence-corrected chi connectivity index (χ0v) is 16.5.